The quantitative estimate of drug-likeness (QED) is 0.402. The second-order valence-electron chi connectivity index (χ2n) is 7.57. The first-order chi connectivity index (χ1) is 14.5. The SMILES string of the molecule is CC/C=C\Cc1c(O)ccc2nc3c(cc12)Cn1c-3cc2c(c1=O)COC(=O)C2O. The molecule has 7 heteroatoms. The largest absolute Gasteiger partial charge is 0.508 e. The predicted octanol–water partition coefficient (Wildman–Crippen LogP) is 2.73. The lowest BCUT2D eigenvalue weighted by molar-refractivity contribution is -0.157. The number of fused-ring (bicyclic) bond motifs is 5. The molecule has 152 valence electrons. The van der Waals surface area contributed by atoms with Crippen molar-refractivity contribution in [1.82, 2.24) is 9.55 Å². The standard InChI is InChI=1S/C23H20N2O5/c1-2-3-4-5-13-14-8-12-10-25-18(20(12)24-17(14)6-7-19(13)26)9-15-16(22(25)28)11-30-23(29)21(15)27/h3-4,6-9,21,26-27H,2,5,10-11H2,1H3/b4-3-. The topological polar surface area (TPSA) is 102 Å². The molecule has 2 aliphatic heterocycles. The number of benzene rings is 1. The minimum Gasteiger partial charge on any atom is -0.508 e. The number of hydrogen-bond acceptors (Lipinski definition) is 6. The Bertz CT molecular complexity index is 1310. The lowest BCUT2D eigenvalue weighted by Gasteiger charge is -2.21. The summed E-state index contributed by atoms with van der Waals surface area (Å²) in [5.74, 6) is -0.538. The molecule has 3 aromatic rings. The van der Waals surface area contributed by atoms with Crippen LogP contribution in [0.1, 0.15) is 41.7 Å². The maximum Gasteiger partial charge on any atom is 0.340 e. The van der Waals surface area contributed by atoms with E-state index in [-0.39, 0.29) is 23.5 Å². The molecule has 0 saturated heterocycles. The number of esters is 1. The van der Waals surface area contributed by atoms with Gasteiger partial charge in [-0.25, -0.2) is 9.78 Å². The molecular formula is C23H20N2O5. The van der Waals surface area contributed by atoms with Crippen LogP contribution in [0.5, 0.6) is 5.75 Å². The van der Waals surface area contributed by atoms with Gasteiger partial charge in [0.05, 0.1) is 29.0 Å². The number of ether oxygens (including phenoxy) is 1. The van der Waals surface area contributed by atoms with Crippen LogP contribution in [-0.4, -0.2) is 25.7 Å². The van der Waals surface area contributed by atoms with Crippen molar-refractivity contribution in [2.24, 2.45) is 0 Å². The van der Waals surface area contributed by atoms with Gasteiger partial charge in [-0.05, 0) is 37.1 Å². The van der Waals surface area contributed by atoms with Crippen LogP contribution in [0.15, 0.2) is 41.2 Å². The zero-order valence-corrected chi connectivity index (χ0v) is 16.4. The zero-order chi connectivity index (χ0) is 21.0. The van der Waals surface area contributed by atoms with Crippen molar-refractivity contribution >= 4 is 16.9 Å². The van der Waals surface area contributed by atoms with Gasteiger partial charge in [0.15, 0.2) is 6.10 Å². The van der Waals surface area contributed by atoms with E-state index in [1.54, 1.807) is 22.8 Å². The van der Waals surface area contributed by atoms with Crippen LogP contribution >= 0.6 is 0 Å². The number of cyclic esters (lactones) is 1. The minimum absolute atomic E-state index is 0.141. The number of phenols is 1. The van der Waals surface area contributed by atoms with Gasteiger partial charge in [-0.1, -0.05) is 19.1 Å². The second kappa shape index (κ2) is 6.81. The molecule has 0 radical (unpaired) electrons. The normalized spacial score (nSPS) is 17.1. The molecule has 2 aromatic heterocycles. The summed E-state index contributed by atoms with van der Waals surface area (Å²) in [6.07, 6.45) is 4.11. The number of phenolic OH excluding ortho intramolecular Hbond substituents is 1. The molecule has 0 amide bonds. The third-order valence-electron chi connectivity index (χ3n) is 5.77. The number of pyridine rings is 2. The Morgan fingerprint density at radius 1 is 1.27 bits per heavy atom. The van der Waals surface area contributed by atoms with Gasteiger partial charge in [0.1, 0.15) is 12.4 Å². The van der Waals surface area contributed by atoms with Crippen LogP contribution in [0.3, 0.4) is 0 Å². The Morgan fingerprint density at radius 2 is 2.10 bits per heavy atom. The van der Waals surface area contributed by atoms with Crippen LogP contribution in [0.2, 0.25) is 0 Å². The minimum atomic E-state index is -1.47. The number of aromatic nitrogens is 2. The van der Waals surface area contributed by atoms with Crippen molar-refractivity contribution in [3.05, 3.63) is 69.0 Å². The summed E-state index contributed by atoms with van der Waals surface area (Å²) in [6.45, 7) is 2.25. The average molecular weight is 404 g/mol. The molecule has 0 aliphatic carbocycles. The zero-order valence-electron chi connectivity index (χ0n) is 16.4. The van der Waals surface area contributed by atoms with E-state index in [0.29, 0.717) is 35.4 Å². The molecule has 0 fully saturated rings. The number of nitrogens with zero attached hydrogens (tertiary/aromatic N) is 2. The van der Waals surface area contributed by atoms with E-state index in [1.807, 2.05) is 18.2 Å². The van der Waals surface area contributed by atoms with E-state index in [9.17, 15) is 19.8 Å². The highest BCUT2D eigenvalue weighted by molar-refractivity contribution is 5.89. The van der Waals surface area contributed by atoms with Crippen LogP contribution in [0.4, 0.5) is 0 Å². The Morgan fingerprint density at radius 3 is 2.90 bits per heavy atom. The highest BCUT2D eigenvalue weighted by Gasteiger charge is 2.33. The maximum absolute atomic E-state index is 13.0. The molecule has 0 bridgehead atoms. The first-order valence-electron chi connectivity index (χ1n) is 9.90. The number of allylic oxidation sites excluding steroid dienone is 2. The van der Waals surface area contributed by atoms with E-state index < -0.39 is 12.1 Å². The number of carbonyl (C=O) groups excluding carboxylic acids is 1. The van der Waals surface area contributed by atoms with Crippen LogP contribution in [-0.2, 0) is 29.1 Å². The van der Waals surface area contributed by atoms with Gasteiger partial charge in [-0.3, -0.25) is 4.79 Å². The predicted molar refractivity (Wildman–Crippen MR) is 110 cm³/mol. The van der Waals surface area contributed by atoms with E-state index in [2.05, 4.69) is 6.92 Å². The maximum atomic E-state index is 13.0. The van der Waals surface area contributed by atoms with Crippen LogP contribution in [0.25, 0.3) is 22.3 Å². The first-order valence-corrected chi connectivity index (χ1v) is 9.90. The second-order valence-corrected chi connectivity index (χ2v) is 7.57. The number of carbonyl (C=O) groups is 1. The Kier molecular flexibility index (Phi) is 4.22. The van der Waals surface area contributed by atoms with Crippen molar-refractivity contribution in [3.8, 4) is 17.1 Å². The Hall–Kier alpha value is -3.45. The molecular weight excluding hydrogens is 384 g/mol. The molecule has 1 unspecified atom stereocenters. The highest BCUT2D eigenvalue weighted by Crippen LogP contribution is 2.37. The van der Waals surface area contributed by atoms with Gasteiger partial charge in [0.25, 0.3) is 5.56 Å². The van der Waals surface area contributed by atoms with Crippen molar-refractivity contribution in [2.75, 3.05) is 0 Å². The number of aromatic hydroxyl groups is 1. The highest BCUT2D eigenvalue weighted by atomic mass is 16.5. The molecule has 2 aliphatic rings. The van der Waals surface area contributed by atoms with E-state index in [0.717, 1.165) is 22.9 Å². The molecule has 1 aromatic carbocycles. The lowest BCUT2D eigenvalue weighted by atomic mass is 9.99. The number of rotatable bonds is 3. The summed E-state index contributed by atoms with van der Waals surface area (Å²) >= 11 is 0. The van der Waals surface area contributed by atoms with E-state index in [4.69, 9.17) is 9.72 Å². The molecule has 30 heavy (non-hydrogen) atoms. The Balaban J connectivity index is 1.69. The van der Waals surface area contributed by atoms with Gasteiger partial charge >= 0.3 is 5.97 Å². The molecule has 0 spiro atoms. The molecule has 7 nitrogen and oxygen atoms in total. The van der Waals surface area contributed by atoms with Gasteiger partial charge in [0.2, 0.25) is 0 Å². The van der Waals surface area contributed by atoms with Crippen LogP contribution < -0.4 is 5.56 Å². The fourth-order valence-corrected chi connectivity index (χ4v) is 4.23. The lowest BCUT2D eigenvalue weighted by Crippen LogP contribution is -2.32. The summed E-state index contributed by atoms with van der Waals surface area (Å²) in [4.78, 5) is 29.5. The van der Waals surface area contributed by atoms with Crippen LogP contribution in [0, 0.1) is 0 Å². The van der Waals surface area contributed by atoms with Gasteiger partial charge in [-0.15, -0.1) is 0 Å². The fourth-order valence-electron chi connectivity index (χ4n) is 4.23. The monoisotopic (exact) mass is 404 g/mol. The van der Waals surface area contributed by atoms with Crippen molar-refractivity contribution in [3.63, 3.8) is 0 Å². The van der Waals surface area contributed by atoms with Crippen molar-refractivity contribution in [1.29, 1.82) is 0 Å². The summed E-state index contributed by atoms with van der Waals surface area (Å²) in [6, 6.07) is 7.02. The summed E-state index contributed by atoms with van der Waals surface area (Å²) in [7, 11) is 0. The van der Waals surface area contributed by atoms with E-state index >= 15 is 0 Å². The van der Waals surface area contributed by atoms with Crippen molar-refractivity contribution < 1.29 is 19.7 Å². The smallest absolute Gasteiger partial charge is 0.340 e. The third-order valence-corrected chi connectivity index (χ3v) is 5.77. The molecule has 2 N–H and O–H groups in total. The Labute approximate surface area is 171 Å². The fraction of sp³-hybridized carbons (Fsp3) is 0.261. The number of hydrogen-bond donors (Lipinski definition) is 2. The van der Waals surface area contributed by atoms with Gasteiger partial charge in [0, 0.05) is 22.1 Å². The van der Waals surface area contributed by atoms with E-state index in [1.165, 1.54) is 0 Å². The summed E-state index contributed by atoms with van der Waals surface area (Å²) in [5, 5.41) is 21.4. The molecule has 5 rings (SSSR count). The third kappa shape index (κ3) is 2.66. The average Bonchev–Trinajstić information content (AvgIpc) is 3.09. The van der Waals surface area contributed by atoms with Crippen molar-refractivity contribution in [2.45, 2.75) is 39.0 Å². The number of aliphatic hydroxyl groups excluding tert-OH is 1. The molecule has 1 atom stereocenters. The van der Waals surface area contributed by atoms with Gasteiger partial charge in [-0.2, -0.15) is 0 Å². The summed E-state index contributed by atoms with van der Waals surface area (Å²) < 4.78 is 6.52. The summed E-state index contributed by atoms with van der Waals surface area (Å²) in [5.41, 5.74) is 3.88. The number of aliphatic hydroxyl groups is 1. The van der Waals surface area contributed by atoms with Gasteiger partial charge < -0.3 is 19.5 Å². The molecule has 0 saturated carbocycles. The first kappa shape index (κ1) is 18.6. The molecule has 4 heterocycles.